The van der Waals surface area contributed by atoms with E-state index in [1.165, 1.54) is 38.5 Å². The van der Waals surface area contributed by atoms with E-state index in [0.29, 0.717) is 29.2 Å². The van der Waals surface area contributed by atoms with Crippen molar-refractivity contribution in [2.75, 3.05) is 22.5 Å². The molecule has 4 rings (SSSR count). The lowest BCUT2D eigenvalue weighted by Crippen LogP contribution is -2.23. The molecule has 8 nitrogen and oxygen atoms in total. The molecule has 0 saturated heterocycles. The van der Waals surface area contributed by atoms with E-state index in [1.54, 1.807) is 36.4 Å². The molecule has 1 aliphatic rings. The smallest absolute Gasteiger partial charge is 0.262 e. The second-order valence-electron chi connectivity index (χ2n) is 8.18. The van der Waals surface area contributed by atoms with Gasteiger partial charge in [0.05, 0.1) is 12.0 Å². The Morgan fingerprint density at radius 1 is 0.939 bits per heavy atom. The highest BCUT2D eigenvalue weighted by Crippen LogP contribution is 2.24. The number of benzene rings is 2. The summed E-state index contributed by atoms with van der Waals surface area (Å²) >= 11 is 0. The maximum atomic E-state index is 12.7. The SMILES string of the molecule is COc1cccc(S(=O)(=O)Nc2ccc(Nc3cc(C)nc(NC4CCCCC4)n3)cc2)c1. The van der Waals surface area contributed by atoms with Gasteiger partial charge in [-0.1, -0.05) is 25.3 Å². The number of methoxy groups -OCH3 is 1. The third kappa shape index (κ3) is 6.13. The number of hydrogen-bond acceptors (Lipinski definition) is 7. The molecule has 174 valence electrons. The third-order valence-electron chi connectivity index (χ3n) is 5.55. The molecule has 0 radical (unpaired) electrons. The summed E-state index contributed by atoms with van der Waals surface area (Å²) in [5.41, 5.74) is 2.12. The van der Waals surface area contributed by atoms with Crippen molar-refractivity contribution in [3.05, 3.63) is 60.3 Å². The number of aromatic nitrogens is 2. The summed E-state index contributed by atoms with van der Waals surface area (Å²) in [7, 11) is -2.22. The molecular weight excluding hydrogens is 438 g/mol. The molecule has 0 aliphatic heterocycles. The predicted octanol–water partition coefficient (Wildman–Crippen LogP) is 5.08. The van der Waals surface area contributed by atoms with Crippen LogP contribution >= 0.6 is 0 Å². The molecule has 3 N–H and O–H groups in total. The first-order chi connectivity index (χ1) is 15.9. The van der Waals surface area contributed by atoms with E-state index in [1.807, 2.05) is 13.0 Å². The van der Waals surface area contributed by atoms with Gasteiger partial charge in [0.25, 0.3) is 10.0 Å². The van der Waals surface area contributed by atoms with Gasteiger partial charge in [-0.15, -0.1) is 0 Å². The number of ether oxygens (including phenoxy) is 1. The highest BCUT2D eigenvalue weighted by molar-refractivity contribution is 7.92. The second kappa shape index (κ2) is 10.1. The van der Waals surface area contributed by atoms with E-state index in [2.05, 4.69) is 25.3 Å². The van der Waals surface area contributed by atoms with Gasteiger partial charge in [-0.3, -0.25) is 4.72 Å². The van der Waals surface area contributed by atoms with Gasteiger partial charge in [0, 0.05) is 35.2 Å². The van der Waals surface area contributed by atoms with E-state index in [-0.39, 0.29) is 4.90 Å². The standard InChI is InChI=1S/C24H29N5O3S/c1-17-15-23(28-24(25-17)27-18-7-4-3-5-8-18)26-19-11-13-20(14-12-19)29-33(30,31)22-10-6-9-21(16-22)32-2/h6,9-16,18,29H,3-5,7-8H2,1-2H3,(H2,25,26,27,28). The highest BCUT2D eigenvalue weighted by Gasteiger charge is 2.16. The van der Waals surface area contributed by atoms with Gasteiger partial charge in [0.2, 0.25) is 5.95 Å². The Morgan fingerprint density at radius 2 is 1.67 bits per heavy atom. The van der Waals surface area contributed by atoms with Crippen molar-refractivity contribution < 1.29 is 13.2 Å². The molecule has 2 aromatic carbocycles. The maximum absolute atomic E-state index is 12.7. The van der Waals surface area contributed by atoms with E-state index in [4.69, 9.17) is 4.74 Å². The summed E-state index contributed by atoms with van der Waals surface area (Å²) in [6.07, 6.45) is 6.07. The Hall–Kier alpha value is -3.33. The zero-order valence-electron chi connectivity index (χ0n) is 18.8. The van der Waals surface area contributed by atoms with Crippen LogP contribution < -0.4 is 20.1 Å². The topological polar surface area (TPSA) is 105 Å². The normalized spacial score (nSPS) is 14.5. The van der Waals surface area contributed by atoms with Crippen LogP contribution in [-0.2, 0) is 10.0 Å². The Balaban J connectivity index is 1.43. The van der Waals surface area contributed by atoms with Crippen LogP contribution in [0.2, 0.25) is 0 Å². The summed E-state index contributed by atoms with van der Waals surface area (Å²) in [6.45, 7) is 1.94. The Labute approximate surface area is 194 Å². The number of aryl methyl sites for hydroxylation is 1. The molecule has 1 heterocycles. The first-order valence-corrected chi connectivity index (χ1v) is 12.6. The molecule has 1 saturated carbocycles. The lowest BCUT2D eigenvalue weighted by Gasteiger charge is -2.23. The number of nitrogens with one attached hydrogen (secondary N) is 3. The molecule has 3 aromatic rings. The molecule has 9 heteroatoms. The Bertz CT molecular complexity index is 1190. The first kappa shape index (κ1) is 22.8. The quantitative estimate of drug-likeness (QED) is 0.424. The van der Waals surface area contributed by atoms with Crippen LogP contribution in [-0.4, -0.2) is 31.5 Å². The molecule has 0 amide bonds. The van der Waals surface area contributed by atoms with Crippen LogP contribution in [0, 0.1) is 6.92 Å². The zero-order valence-corrected chi connectivity index (χ0v) is 19.7. The van der Waals surface area contributed by atoms with Crippen LogP contribution in [0.4, 0.5) is 23.1 Å². The van der Waals surface area contributed by atoms with Crippen molar-refractivity contribution in [2.45, 2.75) is 50.0 Å². The molecule has 0 spiro atoms. The molecule has 0 unspecified atom stereocenters. The summed E-state index contributed by atoms with van der Waals surface area (Å²) in [6, 6.07) is 15.7. The molecule has 0 bridgehead atoms. The van der Waals surface area contributed by atoms with Crippen molar-refractivity contribution in [1.82, 2.24) is 9.97 Å². The van der Waals surface area contributed by atoms with Crippen molar-refractivity contribution in [3.63, 3.8) is 0 Å². The van der Waals surface area contributed by atoms with Gasteiger partial charge >= 0.3 is 0 Å². The van der Waals surface area contributed by atoms with E-state index in [0.717, 1.165) is 24.2 Å². The van der Waals surface area contributed by atoms with Crippen LogP contribution in [0.1, 0.15) is 37.8 Å². The van der Waals surface area contributed by atoms with Crippen LogP contribution in [0.3, 0.4) is 0 Å². The van der Waals surface area contributed by atoms with Crippen LogP contribution in [0.25, 0.3) is 0 Å². The molecule has 1 aliphatic carbocycles. The van der Waals surface area contributed by atoms with Gasteiger partial charge in [-0.05, 0) is 56.2 Å². The lowest BCUT2D eigenvalue weighted by atomic mass is 9.96. The Morgan fingerprint density at radius 3 is 2.39 bits per heavy atom. The van der Waals surface area contributed by atoms with Gasteiger partial charge < -0.3 is 15.4 Å². The van der Waals surface area contributed by atoms with Gasteiger partial charge in [0.15, 0.2) is 0 Å². The molecular formula is C24H29N5O3S. The minimum absolute atomic E-state index is 0.138. The fourth-order valence-electron chi connectivity index (χ4n) is 3.88. The van der Waals surface area contributed by atoms with Crippen LogP contribution in [0.15, 0.2) is 59.5 Å². The number of rotatable bonds is 8. The fourth-order valence-corrected chi connectivity index (χ4v) is 4.97. The van der Waals surface area contributed by atoms with Crippen molar-refractivity contribution in [1.29, 1.82) is 0 Å². The largest absolute Gasteiger partial charge is 0.497 e. The summed E-state index contributed by atoms with van der Waals surface area (Å²) < 4.78 is 33.1. The summed E-state index contributed by atoms with van der Waals surface area (Å²) in [5, 5.41) is 6.73. The van der Waals surface area contributed by atoms with E-state index >= 15 is 0 Å². The lowest BCUT2D eigenvalue weighted by molar-refractivity contribution is 0.413. The molecule has 1 fully saturated rings. The third-order valence-corrected chi connectivity index (χ3v) is 6.93. The van der Waals surface area contributed by atoms with Gasteiger partial charge in [-0.2, -0.15) is 4.98 Å². The predicted molar refractivity (Wildman–Crippen MR) is 131 cm³/mol. The van der Waals surface area contributed by atoms with Gasteiger partial charge in [0.1, 0.15) is 11.6 Å². The molecule has 1 aromatic heterocycles. The number of anilines is 4. The van der Waals surface area contributed by atoms with Crippen molar-refractivity contribution >= 4 is 33.2 Å². The molecule has 0 atom stereocenters. The second-order valence-corrected chi connectivity index (χ2v) is 9.87. The summed E-state index contributed by atoms with van der Waals surface area (Å²) in [5.74, 6) is 1.80. The van der Waals surface area contributed by atoms with E-state index < -0.39 is 10.0 Å². The average molecular weight is 468 g/mol. The minimum Gasteiger partial charge on any atom is -0.497 e. The maximum Gasteiger partial charge on any atom is 0.262 e. The number of sulfonamides is 1. The van der Waals surface area contributed by atoms with Gasteiger partial charge in [-0.25, -0.2) is 13.4 Å². The van der Waals surface area contributed by atoms with Crippen LogP contribution in [0.5, 0.6) is 5.75 Å². The monoisotopic (exact) mass is 467 g/mol. The summed E-state index contributed by atoms with van der Waals surface area (Å²) in [4.78, 5) is 9.26. The number of nitrogens with zero attached hydrogens (tertiary/aromatic N) is 2. The molecule has 33 heavy (non-hydrogen) atoms. The van der Waals surface area contributed by atoms with Crippen molar-refractivity contribution in [3.8, 4) is 5.75 Å². The number of hydrogen-bond donors (Lipinski definition) is 3. The van der Waals surface area contributed by atoms with Crippen molar-refractivity contribution in [2.24, 2.45) is 0 Å². The highest BCUT2D eigenvalue weighted by atomic mass is 32.2. The first-order valence-electron chi connectivity index (χ1n) is 11.1. The average Bonchev–Trinajstić information content (AvgIpc) is 2.80. The Kier molecular flexibility index (Phi) is 6.98. The zero-order chi connectivity index (χ0) is 23.3. The fraction of sp³-hybridized carbons (Fsp3) is 0.333. The van der Waals surface area contributed by atoms with E-state index in [9.17, 15) is 8.42 Å². The minimum atomic E-state index is -3.72.